The molecule has 0 bridgehead atoms. The summed E-state index contributed by atoms with van der Waals surface area (Å²) in [6, 6.07) is 14.7. The number of carbonyl (C=O) groups is 1. The Bertz CT molecular complexity index is 657. The van der Waals surface area contributed by atoms with Crippen molar-refractivity contribution in [3.63, 3.8) is 0 Å². The third-order valence-corrected chi connectivity index (χ3v) is 3.45. The van der Waals surface area contributed by atoms with E-state index in [0.29, 0.717) is 23.5 Å². The molecule has 0 radical (unpaired) electrons. The summed E-state index contributed by atoms with van der Waals surface area (Å²) in [5, 5.41) is 12.7. The molecule has 0 saturated carbocycles. The number of hydrogen-bond donors (Lipinski definition) is 2. The van der Waals surface area contributed by atoms with E-state index in [9.17, 15) is 9.90 Å². The third-order valence-electron chi connectivity index (χ3n) is 3.45. The fraction of sp³-hybridized carbons (Fsp3) is 0.235. The number of carbonyl (C=O) groups excluding carboxylic acids is 1. The van der Waals surface area contributed by atoms with Crippen molar-refractivity contribution in [2.75, 3.05) is 13.3 Å². The van der Waals surface area contributed by atoms with E-state index >= 15 is 0 Å². The highest BCUT2D eigenvalue weighted by Gasteiger charge is 2.16. The van der Waals surface area contributed by atoms with Crippen LogP contribution in [0.3, 0.4) is 0 Å². The van der Waals surface area contributed by atoms with Gasteiger partial charge in [0.2, 0.25) is 6.79 Å². The standard InChI is InChI=1S/C17H17NO4/c19-14(8-12-4-2-1-3-5-12)10-18-17(20)13-6-7-15-16(9-13)22-11-21-15/h1-7,9,14,19H,8,10-11H2,(H,18,20). The number of hydrogen-bond acceptors (Lipinski definition) is 4. The molecule has 0 spiro atoms. The Morgan fingerprint density at radius 2 is 1.91 bits per heavy atom. The van der Waals surface area contributed by atoms with Crippen molar-refractivity contribution in [3.05, 3.63) is 59.7 Å². The van der Waals surface area contributed by atoms with Crippen molar-refractivity contribution in [3.8, 4) is 11.5 Å². The lowest BCUT2D eigenvalue weighted by atomic mass is 10.1. The smallest absolute Gasteiger partial charge is 0.251 e. The summed E-state index contributed by atoms with van der Waals surface area (Å²) in [6.07, 6.45) is -0.122. The molecule has 0 fully saturated rings. The quantitative estimate of drug-likeness (QED) is 0.882. The SMILES string of the molecule is O=C(NCC(O)Cc1ccccc1)c1ccc2c(c1)OCO2. The molecular formula is C17H17NO4. The van der Waals surface area contributed by atoms with Crippen molar-refractivity contribution >= 4 is 5.91 Å². The summed E-state index contributed by atoms with van der Waals surface area (Å²) in [5.41, 5.74) is 1.52. The number of ether oxygens (including phenoxy) is 2. The average molecular weight is 299 g/mol. The van der Waals surface area contributed by atoms with E-state index in [0.717, 1.165) is 5.56 Å². The van der Waals surface area contributed by atoms with Crippen LogP contribution >= 0.6 is 0 Å². The molecule has 2 N–H and O–H groups in total. The molecule has 1 unspecified atom stereocenters. The van der Waals surface area contributed by atoms with E-state index in [-0.39, 0.29) is 19.2 Å². The van der Waals surface area contributed by atoms with Gasteiger partial charge in [-0.05, 0) is 23.8 Å². The van der Waals surface area contributed by atoms with Crippen molar-refractivity contribution in [1.82, 2.24) is 5.32 Å². The Morgan fingerprint density at radius 1 is 1.14 bits per heavy atom. The van der Waals surface area contributed by atoms with Gasteiger partial charge < -0.3 is 19.9 Å². The predicted molar refractivity (Wildman–Crippen MR) is 81.1 cm³/mol. The van der Waals surface area contributed by atoms with E-state index < -0.39 is 6.10 Å². The van der Waals surface area contributed by atoms with Crippen LogP contribution in [0.1, 0.15) is 15.9 Å². The van der Waals surface area contributed by atoms with Gasteiger partial charge in [-0.2, -0.15) is 0 Å². The summed E-state index contributed by atoms with van der Waals surface area (Å²) < 4.78 is 10.4. The molecule has 0 saturated heterocycles. The zero-order valence-electron chi connectivity index (χ0n) is 12.0. The number of aliphatic hydroxyl groups excluding tert-OH is 1. The number of aliphatic hydroxyl groups is 1. The van der Waals surface area contributed by atoms with Crippen molar-refractivity contribution in [2.45, 2.75) is 12.5 Å². The first kappa shape index (κ1) is 14.4. The van der Waals surface area contributed by atoms with Crippen LogP contribution in [0.5, 0.6) is 11.5 Å². The van der Waals surface area contributed by atoms with Gasteiger partial charge in [0.25, 0.3) is 5.91 Å². The molecule has 0 aromatic heterocycles. The Labute approximate surface area is 128 Å². The molecule has 2 aromatic rings. The summed E-state index contributed by atoms with van der Waals surface area (Å²) in [5.74, 6) is 0.962. The second kappa shape index (κ2) is 6.49. The topological polar surface area (TPSA) is 67.8 Å². The van der Waals surface area contributed by atoms with Gasteiger partial charge in [-0.3, -0.25) is 4.79 Å². The largest absolute Gasteiger partial charge is 0.454 e. The van der Waals surface area contributed by atoms with Gasteiger partial charge in [0.15, 0.2) is 11.5 Å². The number of rotatable bonds is 5. The lowest BCUT2D eigenvalue weighted by molar-refractivity contribution is 0.0915. The molecule has 22 heavy (non-hydrogen) atoms. The van der Waals surface area contributed by atoms with Crippen LogP contribution < -0.4 is 14.8 Å². The number of amides is 1. The van der Waals surface area contributed by atoms with Crippen LogP contribution in [0.4, 0.5) is 0 Å². The zero-order valence-corrected chi connectivity index (χ0v) is 12.0. The van der Waals surface area contributed by atoms with Gasteiger partial charge in [-0.15, -0.1) is 0 Å². The Hall–Kier alpha value is -2.53. The summed E-state index contributed by atoms with van der Waals surface area (Å²) in [6.45, 7) is 0.373. The monoisotopic (exact) mass is 299 g/mol. The second-order valence-corrected chi connectivity index (χ2v) is 5.12. The van der Waals surface area contributed by atoms with Crippen LogP contribution in [0.15, 0.2) is 48.5 Å². The van der Waals surface area contributed by atoms with Gasteiger partial charge in [0.1, 0.15) is 0 Å². The minimum atomic E-state index is -0.625. The third kappa shape index (κ3) is 3.38. The van der Waals surface area contributed by atoms with Gasteiger partial charge in [-0.25, -0.2) is 0 Å². The summed E-state index contributed by atoms with van der Waals surface area (Å²) in [4.78, 5) is 12.1. The Morgan fingerprint density at radius 3 is 2.73 bits per heavy atom. The van der Waals surface area contributed by atoms with E-state index in [1.807, 2.05) is 30.3 Å². The van der Waals surface area contributed by atoms with Gasteiger partial charge in [-0.1, -0.05) is 30.3 Å². The highest BCUT2D eigenvalue weighted by molar-refractivity contribution is 5.94. The van der Waals surface area contributed by atoms with Gasteiger partial charge in [0.05, 0.1) is 6.10 Å². The first-order valence-electron chi connectivity index (χ1n) is 7.12. The highest BCUT2D eigenvalue weighted by Crippen LogP contribution is 2.32. The molecule has 1 aliphatic heterocycles. The van der Waals surface area contributed by atoms with Crippen molar-refractivity contribution in [2.24, 2.45) is 0 Å². The predicted octanol–water partition coefficient (Wildman–Crippen LogP) is 1.75. The summed E-state index contributed by atoms with van der Waals surface area (Å²) in [7, 11) is 0. The van der Waals surface area contributed by atoms with Gasteiger partial charge in [0, 0.05) is 18.5 Å². The minimum Gasteiger partial charge on any atom is -0.454 e. The normalized spacial score (nSPS) is 13.7. The molecule has 5 heteroatoms. The first-order chi connectivity index (χ1) is 10.7. The maximum Gasteiger partial charge on any atom is 0.251 e. The Balaban J connectivity index is 1.53. The van der Waals surface area contributed by atoms with Crippen molar-refractivity contribution < 1.29 is 19.4 Å². The molecule has 3 rings (SSSR count). The fourth-order valence-corrected chi connectivity index (χ4v) is 2.31. The van der Waals surface area contributed by atoms with Crippen LogP contribution in [-0.2, 0) is 6.42 Å². The molecule has 5 nitrogen and oxygen atoms in total. The number of benzene rings is 2. The molecule has 0 aliphatic carbocycles. The summed E-state index contributed by atoms with van der Waals surface area (Å²) >= 11 is 0. The van der Waals surface area contributed by atoms with Crippen LogP contribution in [0.2, 0.25) is 0 Å². The van der Waals surface area contributed by atoms with E-state index in [1.165, 1.54) is 0 Å². The maximum atomic E-state index is 12.1. The average Bonchev–Trinajstić information content (AvgIpc) is 3.01. The molecule has 1 amide bonds. The molecule has 1 aliphatic rings. The zero-order chi connectivity index (χ0) is 15.4. The van der Waals surface area contributed by atoms with E-state index in [2.05, 4.69) is 5.32 Å². The van der Waals surface area contributed by atoms with Crippen LogP contribution in [-0.4, -0.2) is 30.5 Å². The minimum absolute atomic E-state index is 0.177. The maximum absolute atomic E-state index is 12.1. The molecule has 114 valence electrons. The molecular weight excluding hydrogens is 282 g/mol. The number of nitrogens with one attached hydrogen (secondary N) is 1. The molecule has 2 aromatic carbocycles. The van der Waals surface area contributed by atoms with Crippen molar-refractivity contribution in [1.29, 1.82) is 0 Å². The lowest BCUT2D eigenvalue weighted by Gasteiger charge is -2.12. The Kier molecular flexibility index (Phi) is 4.25. The lowest BCUT2D eigenvalue weighted by Crippen LogP contribution is -2.33. The molecule has 1 atom stereocenters. The van der Waals surface area contributed by atoms with Gasteiger partial charge >= 0.3 is 0 Å². The number of fused-ring (bicyclic) bond motifs is 1. The molecule has 1 heterocycles. The second-order valence-electron chi connectivity index (χ2n) is 5.12. The van der Waals surface area contributed by atoms with E-state index in [1.54, 1.807) is 18.2 Å². The van der Waals surface area contributed by atoms with E-state index in [4.69, 9.17) is 9.47 Å². The highest BCUT2D eigenvalue weighted by atomic mass is 16.7. The first-order valence-corrected chi connectivity index (χ1v) is 7.12. The fourth-order valence-electron chi connectivity index (χ4n) is 2.31. The van der Waals surface area contributed by atoms with Crippen LogP contribution in [0.25, 0.3) is 0 Å². The van der Waals surface area contributed by atoms with Crippen LogP contribution in [0, 0.1) is 0 Å².